The smallest absolute Gasteiger partial charge is 0.228 e. The van der Waals surface area contributed by atoms with Gasteiger partial charge in [0, 0.05) is 32.6 Å². The van der Waals surface area contributed by atoms with Gasteiger partial charge in [0.15, 0.2) is 0 Å². The third-order valence-corrected chi connectivity index (χ3v) is 4.51. The Labute approximate surface area is 122 Å². The third kappa shape index (κ3) is 3.74. The molecule has 2 saturated heterocycles. The van der Waals surface area contributed by atoms with E-state index in [4.69, 9.17) is 0 Å². The van der Waals surface area contributed by atoms with Gasteiger partial charge in [-0.15, -0.1) is 0 Å². The summed E-state index contributed by atoms with van der Waals surface area (Å²) in [5.74, 6) is 1.47. The van der Waals surface area contributed by atoms with Crippen LogP contribution in [0.4, 0.5) is 0 Å². The highest BCUT2D eigenvalue weighted by Gasteiger charge is 2.37. The highest BCUT2D eigenvalue weighted by atomic mass is 16.2. The largest absolute Gasteiger partial charge is 0.342 e. The molecule has 0 N–H and O–H groups in total. The standard InChI is InChI=1S/C16H28N2O2/c1-12(2)6-8-17-11-14(9-15(17)19)16(20)18-7-4-5-13(3)10-18/h12-14H,4-11H2,1-3H3. The van der Waals surface area contributed by atoms with Gasteiger partial charge in [0.05, 0.1) is 5.92 Å². The number of hydrogen-bond donors (Lipinski definition) is 0. The molecule has 2 atom stereocenters. The molecule has 2 amide bonds. The van der Waals surface area contributed by atoms with Crippen molar-refractivity contribution in [3.05, 3.63) is 0 Å². The Bertz CT molecular complexity index is 367. The summed E-state index contributed by atoms with van der Waals surface area (Å²) >= 11 is 0. The average molecular weight is 280 g/mol. The van der Waals surface area contributed by atoms with Gasteiger partial charge in [0.2, 0.25) is 11.8 Å². The van der Waals surface area contributed by atoms with E-state index in [0.717, 1.165) is 32.5 Å². The molecule has 2 aliphatic rings. The van der Waals surface area contributed by atoms with Gasteiger partial charge in [-0.3, -0.25) is 9.59 Å². The zero-order chi connectivity index (χ0) is 14.7. The Morgan fingerprint density at radius 2 is 2.10 bits per heavy atom. The number of hydrogen-bond acceptors (Lipinski definition) is 2. The van der Waals surface area contributed by atoms with E-state index >= 15 is 0 Å². The van der Waals surface area contributed by atoms with Gasteiger partial charge in [-0.05, 0) is 31.1 Å². The lowest BCUT2D eigenvalue weighted by molar-refractivity contribution is -0.137. The average Bonchev–Trinajstić information content (AvgIpc) is 2.77. The Morgan fingerprint density at radius 3 is 2.75 bits per heavy atom. The topological polar surface area (TPSA) is 40.6 Å². The number of likely N-dealkylation sites (tertiary alicyclic amines) is 2. The molecule has 4 nitrogen and oxygen atoms in total. The van der Waals surface area contributed by atoms with Gasteiger partial charge in [0.1, 0.15) is 0 Å². The van der Waals surface area contributed by atoms with E-state index in [1.54, 1.807) is 0 Å². The predicted molar refractivity (Wildman–Crippen MR) is 79.1 cm³/mol. The first-order chi connectivity index (χ1) is 9.47. The van der Waals surface area contributed by atoms with Crippen molar-refractivity contribution in [1.82, 2.24) is 9.80 Å². The van der Waals surface area contributed by atoms with Crippen LogP contribution < -0.4 is 0 Å². The zero-order valence-electron chi connectivity index (χ0n) is 13.1. The molecule has 2 unspecified atom stereocenters. The van der Waals surface area contributed by atoms with Crippen molar-refractivity contribution in [2.75, 3.05) is 26.2 Å². The van der Waals surface area contributed by atoms with Crippen LogP contribution in [0.3, 0.4) is 0 Å². The molecule has 0 spiro atoms. The molecule has 2 rings (SSSR count). The summed E-state index contributed by atoms with van der Waals surface area (Å²) in [6, 6.07) is 0. The Morgan fingerprint density at radius 1 is 1.35 bits per heavy atom. The molecule has 114 valence electrons. The van der Waals surface area contributed by atoms with Crippen molar-refractivity contribution < 1.29 is 9.59 Å². The number of amides is 2. The number of nitrogens with zero attached hydrogens (tertiary/aromatic N) is 2. The zero-order valence-corrected chi connectivity index (χ0v) is 13.1. The first kappa shape index (κ1) is 15.3. The molecular formula is C16H28N2O2. The van der Waals surface area contributed by atoms with Crippen LogP contribution in [-0.2, 0) is 9.59 Å². The maximum Gasteiger partial charge on any atom is 0.228 e. The van der Waals surface area contributed by atoms with Crippen molar-refractivity contribution in [2.45, 2.75) is 46.5 Å². The van der Waals surface area contributed by atoms with Gasteiger partial charge in [-0.25, -0.2) is 0 Å². The summed E-state index contributed by atoms with van der Waals surface area (Å²) in [5, 5.41) is 0. The SMILES string of the molecule is CC(C)CCN1CC(C(=O)N2CCCC(C)C2)CC1=O. The van der Waals surface area contributed by atoms with Crippen LogP contribution in [0.15, 0.2) is 0 Å². The fourth-order valence-electron chi connectivity index (χ4n) is 3.22. The number of carbonyl (C=O) groups excluding carboxylic acids is 2. The molecular weight excluding hydrogens is 252 g/mol. The maximum absolute atomic E-state index is 12.5. The Balaban J connectivity index is 1.87. The van der Waals surface area contributed by atoms with E-state index < -0.39 is 0 Å². The first-order valence-corrected chi connectivity index (χ1v) is 8.04. The molecule has 0 aliphatic carbocycles. The van der Waals surface area contributed by atoms with Gasteiger partial charge in [-0.1, -0.05) is 20.8 Å². The molecule has 0 saturated carbocycles. The van der Waals surface area contributed by atoms with Gasteiger partial charge >= 0.3 is 0 Å². The summed E-state index contributed by atoms with van der Waals surface area (Å²) in [6.45, 7) is 9.71. The van der Waals surface area contributed by atoms with E-state index in [1.807, 2.05) is 9.80 Å². The van der Waals surface area contributed by atoms with Crippen molar-refractivity contribution >= 4 is 11.8 Å². The monoisotopic (exact) mass is 280 g/mol. The number of piperidine rings is 1. The maximum atomic E-state index is 12.5. The highest BCUT2D eigenvalue weighted by Crippen LogP contribution is 2.24. The second kappa shape index (κ2) is 6.59. The molecule has 20 heavy (non-hydrogen) atoms. The van der Waals surface area contributed by atoms with Crippen LogP contribution in [0.2, 0.25) is 0 Å². The normalized spacial score (nSPS) is 27.5. The summed E-state index contributed by atoms with van der Waals surface area (Å²) < 4.78 is 0. The summed E-state index contributed by atoms with van der Waals surface area (Å²) in [4.78, 5) is 28.4. The van der Waals surface area contributed by atoms with Crippen LogP contribution in [0, 0.1) is 17.8 Å². The summed E-state index contributed by atoms with van der Waals surface area (Å²) in [6.07, 6.45) is 3.76. The van der Waals surface area contributed by atoms with E-state index in [1.165, 1.54) is 6.42 Å². The quantitative estimate of drug-likeness (QED) is 0.791. The minimum Gasteiger partial charge on any atom is -0.342 e. The second-order valence-corrected chi connectivity index (χ2v) is 6.95. The van der Waals surface area contributed by atoms with Crippen molar-refractivity contribution in [3.63, 3.8) is 0 Å². The molecule has 0 aromatic heterocycles. The van der Waals surface area contributed by atoms with Crippen LogP contribution in [0.1, 0.15) is 46.5 Å². The molecule has 4 heteroatoms. The van der Waals surface area contributed by atoms with E-state index in [2.05, 4.69) is 20.8 Å². The lowest BCUT2D eigenvalue weighted by Crippen LogP contribution is -2.43. The fourth-order valence-corrected chi connectivity index (χ4v) is 3.22. The lowest BCUT2D eigenvalue weighted by Gasteiger charge is -2.32. The van der Waals surface area contributed by atoms with E-state index in [0.29, 0.717) is 24.8 Å². The molecule has 2 aliphatic heterocycles. The third-order valence-electron chi connectivity index (χ3n) is 4.51. The fraction of sp³-hybridized carbons (Fsp3) is 0.875. The second-order valence-electron chi connectivity index (χ2n) is 6.95. The van der Waals surface area contributed by atoms with Gasteiger partial charge in [0.25, 0.3) is 0 Å². The summed E-state index contributed by atoms with van der Waals surface area (Å²) in [7, 11) is 0. The van der Waals surface area contributed by atoms with Gasteiger partial charge < -0.3 is 9.80 Å². The molecule has 0 aromatic carbocycles. The molecule has 0 radical (unpaired) electrons. The minimum atomic E-state index is -0.0973. The van der Waals surface area contributed by atoms with Crippen molar-refractivity contribution in [3.8, 4) is 0 Å². The Hall–Kier alpha value is -1.06. The molecule has 0 aromatic rings. The number of carbonyl (C=O) groups is 2. The van der Waals surface area contributed by atoms with Crippen LogP contribution >= 0.6 is 0 Å². The molecule has 2 heterocycles. The predicted octanol–water partition coefficient (Wildman–Crippen LogP) is 2.14. The molecule has 2 fully saturated rings. The van der Waals surface area contributed by atoms with Crippen molar-refractivity contribution in [1.29, 1.82) is 0 Å². The van der Waals surface area contributed by atoms with Crippen molar-refractivity contribution in [2.24, 2.45) is 17.8 Å². The summed E-state index contributed by atoms with van der Waals surface area (Å²) in [5.41, 5.74) is 0. The highest BCUT2D eigenvalue weighted by molar-refractivity contribution is 5.89. The van der Waals surface area contributed by atoms with E-state index in [-0.39, 0.29) is 17.7 Å². The van der Waals surface area contributed by atoms with Crippen LogP contribution in [0.25, 0.3) is 0 Å². The van der Waals surface area contributed by atoms with E-state index in [9.17, 15) is 9.59 Å². The lowest BCUT2D eigenvalue weighted by atomic mass is 9.98. The Kier molecular flexibility index (Phi) is 5.06. The van der Waals surface area contributed by atoms with Gasteiger partial charge in [-0.2, -0.15) is 0 Å². The van der Waals surface area contributed by atoms with Crippen LogP contribution in [-0.4, -0.2) is 47.8 Å². The first-order valence-electron chi connectivity index (χ1n) is 8.04. The minimum absolute atomic E-state index is 0.0973. The van der Waals surface area contributed by atoms with Crippen LogP contribution in [0.5, 0.6) is 0 Å². The molecule has 0 bridgehead atoms. The number of rotatable bonds is 4.